The van der Waals surface area contributed by atoms with Gasteiger partial charge in [0, 0.05) is 10.7 Å². The molecule has 0 aromatic heterocycles. The Morgan fingerprint density at radius 3 is 2.43 bits per heavy atom. The lowest BCUT2D eigenvalue weighted by atomic mass is 10.2. The maximum atomic E-state index is 12.2. The van der Waals surface area contributed by atoms with Gasteiger partial charge < -0.3 is 14.8 Å². The second kappa shape index (κ2) is 7.57. The zero-order valence-corrected chi connectivity index (χ0v) is 14.5. The topological polar surface area (TPSA) is 47.6 Å². The number of rotatable bonds is 5. The van der Waals surface area contributed by atoms with E-state index in [2.05, 4.69) is 5.32 Å². The number of ether oxygens (including phenoxy) is 2. The van der Waals surface area contributed by atoms with Crippen LogP contribution in [0.15, 0.2) is 36.4 Å². The highest BCUT2D eigenvalue weighted by Crippen LogP contribution is 2.27. The molecule has 0 heterocycles. The average molecular weight is 354 g/mol. The van der Waals surface area contributed by atoms with Crippen LogP contribution in [-0.2, 0) is 4.79 Å². The molecule has 2 aromatic rings. The molecule has 6 heteroatoms. The molecule has 0 saturated heterocycles. The Hall–Kier alpha value is -1.91. The number of carbonyl (C=O) groups excluding carboxylic acids is 1. The smallest absolute Gasteiger partial charge is 0.265 e. The first-order chi connectivity index (χ1) is 10.9. The standard InChI is InChI=1S/C17H17Cl2NO3/c1-10-8-12(18)4-6-15(10)23-11(2)17(21)20-13-5-7-16(22-3)14(19)9-13/h4-9,11H,1-3H3,(H,20,21). The number of hydrogen-bond acceptors (Lipinski definition) is 3. The molecule has 23 heavy (non-hydrogen) atoms. The third-order valence-electron chi connectivity index (χ3n) is 3.23. The van der Waals surface area contributed by atoms with E-state index in [1.807, 2.05) is 6.92 Å². The van der Waals surface area contributed by atoms with Gasteiger partial charge in [-0.05, 0) is 55.8 Å². The van der Waals surface area contributed by atoms with Gasteiger partial charge in [0.2, 0.25) is 0 Å². The van der Waals surface area contributed by atoms with Crippen LogP contribution in [0.5, 0.6) is 11.5 Å². The molecule has 1 unspecified atom stereocenters. The van der Waals surface area contributed by atoms with E-state index in [0.717, 1.165) is 5.56 Å². The van der Waals surface area contributed by atoms with Crippen LogP contribution >= 0.6 is 23.2 Å². The summed E-state index contributed by atoms with van der Waals surface area (Å²) in [5.74, 6) is 0.885. The highest BCUT2D eigenvalue weighted by Gasteiger charge is 2.16. The number of aryl methyl sites for hydroxylation is 1. The first kappa shape index (κ1) is 17.4. The number of halogens is 2. The van der Waals surface area contributed by atoms with Crippen molar-refractivity contribution in [2.24, 2.45) is 0 Å². The Balaban J connectivity index is 2.03. The maximum absolute atomic E-state index is 12.2. The minimum atomic E-state index is -0.671. The molecule has 122 valence electrons. The van der Waals surface area contributed by atoms with Crippen molar-refractivity contribution >= 4 is 34.8 Å². The first-order valence-electron chi connectivity index (χ1n) is 6.98. The summed E-state index contributed by atoms with van der Waals surface area (Å²) in [5, 5.41) is 3.80. The molecule has 0 bridgehead atoms. The van der Waals surface area contributed by atoms with E-state index >= 15 is 0 Å². The molecule has 4 nitrogen and oxygen atoms in total. The molecule has 1 N–H and O–H groups in total. The van der Waals surface area contributed by atoms with Crippen molar-refractivity contribution in [2.45, 2.75) is 20.0 Å². The third kappa shape index (κ3) is 4.53. The molecule has 1 amide bonds. The van der Waals surface area contributed by atoms with E-state index in [1.54, 1.807) is 43.3 Å². The van der Waals surface area contributed by atoms with Crippen LogP contribution in [0.3, 0.4) is 0 Å². The average Bonchev–Trinajstić information content (AvgIpc) is 2.50. The van der Waals surface area contributed by atoms with Crippen molar-refractivity contribution < 1.29 is 14.3 Å². The molecule has 0 fully saturated rings. The van der Waals surface area contributed by atoms with Gasteiger partial charge in [0.1, 0.15) is 11.5 Å². The normalized spacial score (nSPS) is 11.7. The first-order valence-corrected chi connectivity index (χ1v) is 7.73. The quantitative estimate of drug-likeness (QED) is 0.845. The summed E-state index contributed by atoms with van der Waals surface area (Å²) in [6, 6.07) is 10.3. The Morgan fingerprint density at radius 1 is 1.13 bits per heavy atom. The van der Waals surface area contributed by atoms with Gasteiger partial charge in [0.25, 0.3) is 5.91 Å². The predicted octanol–water partition coefficient (Wildman–Crippen LogP) is 4.72. The predicted molar refractivity (Wildman–Crippen MR) is 92.9 cm³/mol. The minimum absolute atomic E-state index is 0.277. The van der Waals surface area contributed by atoms with Crippen LogP contribution in [0, 0.1) is 6.92 Å². The van der Waals surface area contributed by atoms with Gasteiger partial charge >= 0.3 is 0 Å². The van der Waals surface area contributed by atoms with Crippen molar-refractivity contribution in [3.8, 4) is 11.5 Å². The number of amides is 1. The summed E-state index contributed by atoms with van der Waals surface area (Å²) in [6.07, 6.45) is -0.671. The zero-order valence-electron chi connectivity index (χ0n) is 13.0. The molecule has 0 saturated carbocycles. The van der Waals surface area contributed by atoms with Crippen molar-refractivity contribution in [3.63, 3.8) is 0 Å². The number of anilines is 1. The van der Waals surface area contributed by atoms with Gasteiger partial charge in [-0.1, -0.05) is 23.2 Å². The molecule has 2 rings (SSSR count). The van der Waals surface area contributed by atoms with Gasteiger partial charge in [-0.2, -0.15) is 0 Å². The molecule has 0 aliphatic heterocycles. The number of nitrogens with one attached hydrogen (secondary N) is 1. The Bertz CT molecular complexity index is 719. The van der Waals surface area contributed by atoms with E-state index in [9.17, 15) is 4.79 Å². The van der Waals surface area contributed by atoms with Crippen LogP contribution in [0.1, 0.15) is 12.5 Å². The molecule has 1 atom stereocenters. The lowest BCUT2D eigenvalue weighted by Crippen LogP contribution is -2.30. The Labute approximate surface area is 145 Å². The largest absolute Gasteiger partial charge is 0.495 e. The van der Waals surface area contributed by atoms with Gasteiger partial charge in [0.05, 0.1) is 12.1 Å². The fourth-order valence-electron chi connectivity index (χ4n) is 1.98. The second-order valence-electron chi connectivity index (χ2n) is 5.01. The van der Waals surface area contributed by atoms with Gasteiger partial charge in [-0.25, -0.2) is 0 Å². The van der Waals surface area contributed by atoms with E-state index in [0.29, 0.717) is 27.2 Å². The van der Waals surface area contributed by atoms with Crippen molar-refractivity contribution in [1.82, 2.24) is 0 Å². The summed E-state index contributed by atoms with van der Waals surface area (Å²) in [7, 11) is 1.53. The van der Waals surface area contributed by atoms with E-state index < -0.39 is 6.10 Å². The second-order valence-corrected chi connectivity index (χ2v) is 5.85. The molecule has 0 aliphatic rings. The van der Waals surface area contributed by atoms with Crippen LogP contribution in [0.4, 0.5) is 5.69 Å². The SMILES string of the molecule is COc1ccc(NC(=O)C(C)Oc2ccc(Cl)cc2C)cc1Cl. The summed E-state index contributed by atoms with van der Waals surface area (Å²) in [6.45, 7) is 3.55. The number of benzene rings is 2. The highest BCUT2D eigenvalue weighted by molar-refractivity contribution is 6.32. The lowest BCUT2D eigenvalue weighted by Gasteiger charge is -2.16. The maximum Gasteiger partial charge on any atom is 0.265 e. The van der Waals surface area contributed by atoms with Crippen molar-refractivity contribution in [1.29, 1.82) is 0 Å². The summed E-state index contributed by atoms with van der Waals surface area (Å²) >= 11 is 11.9. The van der Waals surface area contributed by atoms with Crippen LogP contribution in [0.2, 0.25) is 10.0 Å². The number of carbonyl (C=O) groups is 1. The highest BCUT2D eigenvalue weighted by atomic mass is 35.5. The van der Waals surface area contributed by atoms with Crippen LogP contribution in [-0.4, -0.2) is 19.1 Å². The Kier molecular flexibility index (Phi) is 5.74. The van der Waals surface area contributed by atoms with Gasteiger partial charge in [-0.15, -0.1) is 0 Å². The molecule has 0 aliphatic carbocycles. The van der Waals surface area contributed by atoms with Crippen LogP contribution < -0.4 is 14.8 Å². The molecular formula is C17H17Cl2NO3. The van der Waals surface area contributed by atoms with E-state index in [1.165, 1.54) is 7.11 Å². The fourth-order valence-corrected chi connectivity index (χ4v) is 2.46. The third-order valence-corrected chi connectivity index (χ3v) is 3.76. The Morgan fingerprint density at radius 2 is 1.83 bits per heavy atom. The van der Waals surface area contributed by atoms with E-state index in [4.69, 9.17) is 32.7 Å². The molecular weight excluding hydrogens is 337 g/mol. The van der Waals surface area contributed by atoms with Crippen LogP contribution in [0.25, 0.3) is 0 Å². The fraction of sp³-hybridized carbons (Fsp3) is 0.235. The zero-order chi connectivity index (χ0) is 17.0. The molecule has 0 spiro atoms. The monoisotopic (exact) mass is 353 g/mol. The lowest BCUT2D eigenvalue weighted by molar-refractivity contribution is -0.122. The van der Waals surface area contributed by atoms with Gasteiger partial charge in [-0.3, -0.25) is 4.79 Å². The van der Waals surface area contributed by atoms with Crippen molar-refractivity contribution in [2.75, 3.05) is 12.4 Å². The van der Waals surface area contributed by atoms with E-state index in [-0.39, 0.29) is 5.91 Å². The molecule has 2 aromatic carbocycles. The minimum Gasteiger partial charge on any atom is -0.495 e. The summed E-state index contributed by atoms with van der Waals surface area (Å²) in [5.41, 5.74) is 1.44. The molecule has 0 radical (unpaired) electrons. The summed E-state index contributed by atoms with van der Waals surface area (Å²) < 4.78 is 10.8. The number of hydrogen-bond donors (Lipinski definition) is 1. The van der Waals surface area contributed by atoms with Crippen molar-refractivity contribution in [3.05, 3.63) is 52.0 Å². The van der Waals surface area contributed by atoms with Gasteiger partial charge in [0.15, 0.2) is 6.10 Å². The summed E-state index contributed by atoms with van der Waals surface area (Å²) in [4.78, 5) is 12.2. The number of methoxy groups -OCH3 is 1.